The van der Waals surface area contributed by atoms with Gasteiger partial charge in [0.15, 0.2) is 12.4 Å². The number of aliphatic hydroxyl groups excluding tert-OH is 1. The molecule has 0 saturated carbocycles. The number of benzene rings is 1. The first-order valence-electron chi connectivity index (χ1n) is 13.0. The molecule has 1 aromatic carbocycles. The van der Waals surface area contributed by atoms with Crippen LogP contribution in [0.2, 0.25) is 0 Å². The molecule has 216 valence electrons. The maximum absolute atomic E-state index is 12.5. The predicted octanol–water partition coefficient (Wildman–Crippen LogP) is 3.21. The second-order valence-corrected chi connectivity index (χ2v) is 9.54. The fraction of sp³-hybridized carbons (Fsp3) is 0.481. The van der Waals surface area contributed by atoms with Gasteiger partial charge in [-0.3, -0.25) is 0 Å². The first kappa shape index (κ1) is 29.2. The number of anilines is 1. The Balaban J connectivity index is 1.65. The van der Waals surface area contributed by atoms with Crippen LogP contribution in [0.15, 0.2) is 28.8 Å². The van der Waals surface area contributed by atoms with Crippen molar-refractivity contribution in [2.24, 2.45) is 0 Å². The highest BCUT2D eigenvalue weighted by atomic mass is 19.3. The van der Waals surface area contributed by atoms with Crippen LogP contribution in [-0.2, 0) is 4.74 Å². The number of carbonyl (C=O) groups excluding carboxylic acids is 1. The molecule has 1 saturated heterocycles. The van der Waals surface area contributed by atoms with E-state index in [4.69, 9.17) is 19.2 Å². The van der Waals surface area contributed by atoms with E-state index >= 15 is 0 Å². The third-order valence-electron chi connectivity index (χ3n) is 6.53. The van der Waals surface area contributed by atoms with Gasteiger partial charge in [0.2, 0.25) is 0 Å². The summed E-state index contributed by atoms with van der Waals surface area (Å²) < 4.78 is 40.8. The van der Waals surface area contributed by atoms with Crippen LogP contribution in [0.4, 0.5) is 19.4 Å². The fourth-order valence-corrected chi connectivity index (χ4v) is 4.54. The molecule has 11 nitrogen and oxygen atoms in total. The van der Waals surface area contributed by atoms with Crippen LogP contribution >= 0.6 is 0 Å². The van der Waals surface area contributed by atoms with E-state index in [1.807, 2.05) is 43.9 Å². The van der Waals surface area contributed by atoms with Crippen LogP contribution < -0.4 is 15.0 Å². The molecule has 3 heterocycles. The molecule has 13 heteroatoms. The molecular formula is C27H34F2N6O5. The number of piperazine rings is 1. The minimum Gasteiger partial charge on any atom is -0.491 e. The van der Waals surface area contributed by atoms with Crippen molar-refractivity contribution >= 4 is 11.9 Å². The van der Waals surface area contributed by atoms with Crippen LogP contribution in [0.5, 0.6) is 5.75 Å². The molecule has 0 radical (unpaired) electrons. The van der Waals surface area contributed by atoms with Crippen molar-refractivity contribution < 1.29 is 32.7 Å². The molecule has 40 heavy (non-hydrogen) atoms. The second kappa shape index (κ2) is 13.0. The largest absolute Gasteiger partial charge is 0.491 e. The minimum atomic E-state index is -2.71. The number of rotatable bonds is 10. The summed E-state index contributed by atoms with van der Waals surface area (Å²) in [5, 5.41) is 17.0. The Morgan fingerprint density at radius 3 is 2.55 bits per heavy atom. The van der Waals surface area contributed by atoms with E-state index in [0.717, 1.165) is 11.1 Å². The zero-order chi connectivity index (χ0) is 28.8. The van der Waals surface area contributed by atoms with Crippen molar-refractivity contribution in [2.75, 3.05) is 57.9 Å². The summed E-state index contributed by atoms with van der Waals surface area (Å²) >= 11 is 0. The number of carbonyl (C=O) groups is 1. The molecule has 1 unspecified atom stereocenters. The summed E-state index contributed by atoms with van der Waals surface area (Å²) in [5.41, 5.74) is 3.67. The van der Waals surface area contributed by atoms with E-state index in [0.29, 0.717) is 72.8 Å². The van der Waals surface area contributed by atoms with Gasteiger partial charge in [0, 0.05) is 43.9 Å². The molecule has 1 amide bonds. The van der Waals surface area contributed by atoms with Crippen molar-refractivity contribution in [3.8, 4) is 28.4 Å². The van der Waals surface area contributed by atoms with Crippen molar-refractivity contribution in [1.29, 1.82) is 0 Å². The van der Waals surface area contributed by atoms with Crippen LogP contribution in [0, 0.1) is 20.8 Å². The van der Waals surface area contributed by atoms with Gasteiger partial charge in [0.05, 0.1) is 17.0 Å². The molecule has 1 fully saturated rings. The van der Waals surface area contributed by atoms with Gasteiger partial charge in [-0.1, -0.05) is 17.3 Å². The van der Waals surface area contributed by atoms with E-state index in [9.17, 15) is 18.7 Å². The Bertz CT molecular complexity index is 1290. The number of aliphatic hydroxyl groups is 1. The number of amides is 1. The highest BCUT2D eigenvalue weighted by Crippen LogP contribution is 2.35. The molecule has 4 rings (SSSR count). The van der Waals surface area contributed by atoms with Crippen LogP contribution in [0.1, 0.15) is 17.0 Å². The third-order valence-corrected chi connectivity index (χ3v) is 6.53. The number of hydrogen-bond acceptors (Lipinski definition) is 10. The number of nitrogens with zero attached hydrogens (tertiary/aromatic N) is 5. The number of aromatic nitrogens is 3. The molecule has 0 bridgehead atoms. The topological polar surface area (TPSA) is 126 Å². The first-order chi connectivity index (χ1) is 19.2. The smallest absolute Gasteiger partial charge is 0.410 e. The lowest BCUT2D eigenvalue weighted by Gasteiger charge is -2.35. The maximum atomic E-state index is 12.5. The van der Waals surface area contributed by atoms with Crippen molar-refractivity contribution in [3.63, 3.8) is 0 Å². The maximum Gasteiger partial charge on any atom is 0.410 e. The molecule has 1 atom stereocenters. The van der Waals surface area contributed by atoms with E-state index in [2.05, 4.69) is 15.2 Å². The number of hydrogen-bond donors (Lipinski definition) is 2. The van der Waals surface area contributed by atoms with Crippen LogP contribution in [0.3, 0.4) is 0 Å². The van der Waals surface area contributed by atoms with E-state index in [1.54, 1.807) is 13.1 Å². The highest BCUT2D eigenvalue weighted by molar-refractivity contribution is 5.75. The quantitative estimate of drug-likeness (QED) is 0.382. The van der Waals surface area contributed by atoms with E-state index in [-0.39, 0.29) is 6.61 Å². The van der Waals surface area contributed by atoms with Crippen LogP contribution in [-0.4, -0.2) is 96.7 Å². The summed E-state index contributed by atoms with van der Waals surface area (Å²) in [6.07, 6.45) is -4.13. The van der Waals surface area contributed by atoms with Gasteiger partial charge >= 0.3 is 6.09 Å². The molecule has 2 N–H and O–H groups in total. The Hall–Kier alpha value is -3.84. The average molecular weight is 561 g/mol. The molecule has 0 aliphatic carbocycles. The molecule has 0 spiro atoms. The summed E-state index contributed by atoms with van der Waals surface area (Å²) in [5.74, 6) is 2.32. The molecule has 1 aliphatic rings. The number of nitrogens with one attached hydrogen (secondary N) is 1. The fourth-order valence-electron chi connectivity index (χ4n) is 4.54. The van der Waals surface area contributed by atoms with E-state index < -0.39 is 25.2 Å². The SMILES string of the molecule is CNCC(O)COc1cccc(-c2nc(-c3c(C)noc3C)c(C)c(N3CCN(C(=O)OCC(F)F)CC3)n2)c1. The van der Waals surface area contributed by atoms with Crippen molar-refractivity contribution in [2.45, 2.75) is 33.3 Å². The van der Waals surface area contributed by atoms with Gasteiger partial charge in [0.25, 0.3) is 6.43 Å². The van der Waals surface area contributed by atoms with E-state index in [1.165, 1.54) is 4.90 Å². The lowest BCUT2D eigenvalue weighted by molar-refractivity contribution is 0.0311. The van der Waals surface area contributed by atoms with Crippen molar-refractivity contribution in [3.05, 3.63) is 41.3 Å². The second-order valence-electron chi connectivity index (χ2n) is 9.54. The minimum absolute atomic E-state index is 0.124. The first-order valence-corrected chi connectivity index (χ1v) is 13.0. The summed E-state index contributed by atoms with van der Waals surface area (Å²) in [4.78, 5) is 25.4. The van der Waals surface area contributed by atoms with Gasteiger partial charge < -0.3 is 34.2 Å². The molecular weight excluding hydrogens is 526 g/mol. The Morgan fingerprint density at radius 2 is 1.90 bits per heavy atom. The van der Waals surface area contributed by atoms with Crippen molar-refractivity contribution in [1.82, 2.24) is 25.3 Å². The normalized spacial score (nSPS) is 14.5. The standard InChI is InChI=1S/C27H34F2N6O5/c1-16-24(23-17(2)33-40-18(23)3)31-25(19-6-5-7-21(12-19)38-14-20(36)13-30-4)32-26(16)34-8-10-35(11-9-34)27(37)39-15-22(28)29/h5-7,12,20,22,30,36H,8-11,13-15H2,1-4H3. The number of alkyl halides is 2. The molecule has 1 aliphatic heterocycles. The monoisotopic (exact) mass is 560 g/mol. The number of likely N-dealkylation sites (N-methyl/N-ethyl adjacent to an activating group) is 1. The highest BCUT2D eigenvalue weighted by Gasteiger charge is 2.27. The molecule has 2 aromatic heterocycles. The van der Waals surface area contributed by atoms with Gasteiger partial charge in [-0.05, 0) is 40.0 Å². The number of ether oxygens (including phenoxy) is 2. The third kappa shape index (κ3) is 6.83. The summed E-state index contributed by atoms with van der Waals surface area (Å²) in [7, 11) is 1.76. The summed E-state index contributed by atoms with van der Waals surface area (Å²) in [6, 6.07) is 7.32. The lowest BCUT2D eigenvalue weighted by atomic mass is 10.0. The predicted molar refractivity (Wildman–Crippen MR) is 144 cm³/mol. The van der Waals surface area contributed by atoms with Gasteiger partial charge in [-0.2, -0.15) is 0 Å². The number of halogens is 2. The Kier molecular flexibility index (Phi) is 9.48. The van der Waals surface area contributed by atoms with Gasteiger partial charge in [0.1, 0.15) is 30.0 Å². The Labute approximate surface area is 231 Å². The zero-order valence-electron chi connectivity index (χ0n) is 23.0. The van der Waals surface area contributed by atoms with Gasteiger partial charge in [-0.15, -0.1) is 0 Å². The van der Waals surface area contributed by atoms with Crippen LogP contribution in [0.25, 0.3) is 22.6 Å². The lowest BCUT2D eigenvalue weighted by Crippen LogP contribution is -2.49. The number of aryl methyl sites for hydroxylation is 2. The summed E-state index contributed by atoms with van der Waals surface area (Å²) in [6.45, 7) is 6.63. The molecule has 3 aromatic rings. The van der Waals surface area contributed by atoms with Gasteiger partial charge in [-0.25, -0.2) is 23.5 Å². The Morgan fingerprint density at radius 1 is 1.15 bits per heavy atom. The average Bonchev–Trinajstić information content (AvgIpc) is 3.28. The zero-order valence-corrected chi connectivity index (χ0v) is 23.0.